The standard InChI is InChI=1S/C21H15Cl2N3O3S/c1-12(13-9-18(22)25-19(23)10-13)29-15-7-8-16-17(11-15)30-20(24-16)26(21(27)28)14-5-3-2-4-6-14/h2-12H,1H3,(H,27,28). The van der Waals surface area contributed by atoms with E-state index in [9.17, 15) is 9.90 Å². The van der Waals surface area contributed by atoms with E-state index in [0.29, 0.717) is 32.4 Å². The second kappa shape index (κ2) is 8.47. The molecule has 4 aromatic rings. The van der Waals surface area contributed by atoms with Crippen LogP contribution in [-0.4, -0.2) is 21.2 Å². The summed E-state index contributed by atoms with van der Waals surface area (Å²) >= 11 is 13.2. The van der Waals surface area contributed by atoms with Crippen LogP contribution < -0.4 is 9.64 Å². The maximum atomic E-state index is 11.8. The zero-order valence-electron chi connectivity index (χ0n) is 15.6. The molecule has 0 aliphatic carbocycles. The molecule has 0 aliphatic rings. The molecule has 1 atom stereocenters. The number of ether oxygens (including phenoxy) is 1. The number of nitrogens with zero attached hydrogens (tertiary/aromatic N) is 3. The van der Waals surface area contributed by atoms with E-state index < -0.39 is 6.09 Å². The second-order valence-electron chi connectivity index (χ2n) is 6.39. The molecule has 4 rings (SSSR count). The summed E-state index contributed by atoms with van der Waals surface area (Å²) in [7, 11) is 0. The van der Waals surface area contributed by atoms with Gasteiger partial charge < -0.3 is 9.84 Å². The predicted octanol–water partition coefficient (Wildman–Crippen LogP) is 6.95. The largest absolute Gasteiger partial charge is 0.486 e. The SMILES string of the molecule is CC(Oc1ccc2nc(N(C(=O)O)c3ccccc3)sc2c1)c1cc(Cl)nc(Cl)c1. The third-order valence-electron chi connectivity index (χ3n) is 4.31. The van der Waals surface area contributed by atoms with Gasteiger partial charge in [0.05, 0.1) is 15.9 Å². The number of thiazole rings is 1. The van der Waals surface area contributed by atoms with E-state index in [1.165, 1.54) is 11.3 Å². The summed E-state index contributed by atoms with van der Waals surface area (Å²) in [5.74, 6) is 0.621. The minimum absolute atomic E-state index is 0.296. The first-order chi connectivity index (χ1) is 14.4. The van der Waals surface area contributed by atoms with Gasteiger partial charge in [-0.2, -0.15) is 0 Å². The lowest BCUT2D eigenvalue weighted by atomic mass is 10.2. The van der Waals surface area contributed by atoms with Crippen molar-refractivity contribution in [2.75, 3.05) is 4.90 Å². The number of para-hydroxylation sites is 1. The van der Waals surface area contributed by atoms with Crippen molar-refractivity contribution in [3.63, 3.8) is 0 Å². The summed E-state index contributed by atoms with van der Waals surface area (Å²) in [6.07, 6.45) is -1.41. The topological polar surface area (TPSA) is 75.5 Å². The molecule has 2 aromatic heterocycles. The van der Waals surface area contributed by atoms with E-state index in [4.69, 9.17) is 27.9 Å². The Labute approximate surface area is 186 Å². The quantitative estimate of drug-likeness (QED) is 0.326. The molecule has 0 saturated heterocycles. The Kier molecular flexibility index (Phi) is 5.76. The van der Waals surface area contributed by atoms with Crippen molar-refractivity contribution in [1.29, 1.82) is 0 Å². The molecule has 0 radical (unpaired) electrons. The van der Waals surface area contributed by atoms with Gasteiger partial charge in [-0.25, -0.2) is 19.7 Å². The Hall–Kier alpha value is -2.87. The zero-order valence-corrected chi connectivity index (χ0v) is 17.9. The van der Waals surface area contributed by atoms with Gasteiger partial charge >= 0.3 is 6.09 Å². The molecule has 152 valence electrons. The Morgan fingerprint density at radius 2 is 1.77 bits per heavy atom. The van der Waals surface area contributed by atoms with Crippen LogP contribution in [0.15, 0.2) is 60.7 Å². The van der Waals surface area contributed by atoms with Crippen LogP contribution in [0.4, 0.5) is 15.6 Å². The molecule has 0 saturated carbocycles. The highest BCUT2D eigenvalue weighted by Crippen LogP contribution is 2.36. The molecule has 1 N–H and O–H groups in total. The fourth-order valence-corrected chi connectivity index (χ4v) is 4.42. The lowest BCUT2D eigenvalue weighted by molar-refractivity contribution is 0.205. The first-order valence-corrected chi connectivity index (χ1v) is 10.5. The van der Waals surface area contributed by atoms with Crippen molar-refractivity contribution in [2.45, 2.75) is 13.0 Å². The third-order valence-corrected chi connectivity index (χ3v) is 5.70. The van der Waals surface area contributed by atoms with Crippen LogP contribution in [0.1, 0.15) is 18.6 Å². The van der Waals surface area contributed by atoms with Gasteiger partial charge in [0, 0.05) is 0 Å². The van der Waals surface area contributed by atoms with E-state index in [0.717, 1.165) is 15.2 Å². The fraction of sp³-hybridized carbons (Fsp3) is 0.0952. The summed E-state index contributed by atoms with van der Waals surface area (Å²) in [6, 6.07) is 17.7. The number of carbonyl (C=O) groups is 1. The number of rotatable bonds is 5. The van der Waals surface area contributed by atoms with Gasteiger partial charge in [0.1, 0.15) is 22.2 Å². The molecular weight excluding hydrogens is 445 g/mol. The van der Waals surface area contributed by atoms with Gasteiger partial charge in [-0.1, -0.05) is 52.7 Å². The van der Waals surface area contributed by atoms with E-state index in [2.05, 4.69) is 9.97 Å². The average Bonchev–Trinajstić information content (AvgIpc) is 3.10. The van der Waals surface area contributed by atoms with Crippen LogP contribution in [0.3, 0.4) is 0 Å². The summed E-state index contributed by atoms with van der Waals surface area (Å²) in [5.41, 5.74) is 2.01. The smallest absolute Gasteiger partial charge is 0.418 e. The van der Waals surface area contributed by atoms with E-state index in [-0.39, 0.29) is 6.10 Å². The highest BCUT2D eigenvalue weighted by Gasteiger charge is 2.21. The summed E-state index contributed by atoms with van der Waals surface area (Å²) in [6.45, 7) is 1.88. The first-order valence-electron chi connectivity index (χ1n) is 8.89. The van der Waals surface area contributed by atoms with E-state index >= 15 is 0 Å². The molecular formula is C21H15Cl2N3O3S. The summed E-state index contributed by atoms with van der Waals surface area (Å²) in [5, 5.41) is 10.6. The normalized spacial score (nSPS) is 12.0. The summed E-state index contributed by atoms with van der Waals surface area (Å²) in [4.78, 5) is 21.4. The first kappa shape index (κ1) is 20.4. The van der Waals surface area contributed by atoms with Crippen LogP contribution >= 0.6 is 34.5 Å². The van der Waals surface area contributed by atoms with Crippen molar-refractivity contribution in [2.24, 2.45) is 0 Å². The van der Waals surface area contributed by atoms with Gasteiger partial charge in [-0.05, 0) is 55.0 Å². The number of anilines is 2. The molecule has 2 heterocycles. The monoisotopic (exact) mass is 459 g/mol. The number of halogens is 2. The average molecular weight is 460 g/mol. The van der Waals surface area contributed by atoms with Crippen molar-refractivity contribution >= 4 is 61.7 Å². The Balaban J connectivity index is 1.63. The lowest BCUT2D eigenvalue weighted by Crippen LogP contribution is -2.23. The summed E-state index contributed by atoms with van der Waals surface area (Å²) < 4.78 is 6.83. The zero-order chi connectivity index (χ0) is 21.3. The predicted molar refractivity (Wildman–Crippen MR) is 120 cm³/mol. The number of aromatic nitrogens is 2. The third kappa shape index (κ3) is 4.33. The van der Waals surface area contributed by atoms with Gasteiger partial charge in [-0.3, -0.25) is 0 Å². The van der Waals surface area contributed by atoms with Crippen molar-refractivity contribution in [1.82, 2.24) is 9.97 Å². The fourth-order valence-electron chi connectivity index (χ4n) is 2.93. The number of amides is 1. The van der Waals surface area contributed by atoms with Crippen molar-refractivity contribution in [3.05, 3.63) is 76.5 Å². The van der Waals surface area contributed by atoms with E-state index in [1.807, 2.05) is 19.1 Å². The molecule has 0 fully saturated rings. The van der Waals surface area contributed by atoms with Crippen molar-refractivity contribution < 1.29 is 14.6 Å². The molecule has 2 aromatic carbocycles. The lowest BCUT2D eigenvalue weighted by Gasteiger charge is -2.15. The number of hydrogen-bond donors (Lipinski definition) is 1. The highest BCUT2D eigenvalue weighted by molar-refractivity contribution is 7.22. The molecule has 1 unspecified atom stereocenters. The number of hydrogen-bond acceptors (Lipinski definition) is 5. The highest BCUT2D eigenvalue weighted by atomic mass is 35.5. The number of pyridine rings is 1. The molecule has 1 amide bonds. The minimum atomic E-state index is -1.10. The Morgan fingerprint density at radius 1 is 1.07 bits per heavy atom. The molecule has 30 heavy (non-hydrogen) atoms. The van der Waals surface area contributed by atoms with Gasteiger partial charge in [-0.15, -0.1) is 0 Å². The second-order valence-corrected chi connectivity index (χ2v) is 8.17. The van der Waals surface area contributed by atoms with Crippen molar-refractivity contribution in [3.8, 4) is 5.75 Å². The van der Waals surface area contributed by atoms with Crippen LogP contribution in [0.25, 0.3) is 10.2 Å². The maximum Gasteiger partial charge on any atom is 0.418 e. The Bertz CT molecular complexity index is 1200. The van der Waals surface area contributed by atoms with Crippen LogP contribution in [0, 0.1) is 0 Å². The van der Waals surface area contributed by atoms with Gasteiger partial charge in [0.25, 0.3) is 0 Å². The van der Waals surface area contributed by atoms with Crippen LogP contribution in [0.2, 0.25) is 10.3 Å². The molecule has 0 bridgehead atoms. The maximum absolute atomic E-state index is 11.8. The van der Waals surface area contributed by atoms with Gasteiger partial charge in [0.2, 0.25) is 5.13 Å². The molecule has 6 nitrogen and oxygen atoms in total. The minimum Gasteiger partial charge on any atom is -0.486 e. The van der Waals surface area contributed by atoms with E-state index in [1.54, 1.807) is 48.5 Å². The van der Waals surface area contributed by atoms with Crippen LogP contribution in [0.5, 0.6) is 5.75 Å². The van der Waals surface area contributed by atoms with Crippen LogP contribution in [-0.2, 0) is 0 Å². The van der Waals surface area contributed by atoms with Gasteiger partial charge in [0.15, 0.2) is 0 Å². The Morgan fingerprint density at radius 3 is 2.43 bits per heavy atom. The number of carboxylic acid groups (broad SMARTS) is 1. The number of benzene rings is 2. The molecule has 9 heteroatoms. The molecule has 0 aliphatic heterocycles. The molecule has 0 spiro atoms. The number of fused-ring (bicyclic) bond motifs is 1.